The number of nitrogens with one attached hydrogen (secondary N) is 1. The minimum atomic E-state index is 0.00984. The van der Waals surface area contributed by atoms with Gasteiger partial charge in [0.2, 0.25) is 0 Å². The molecule has 1 unspecified atom stereocenters. The molecule has 126 valence electrons. The number of rotatable bonds is 4. The van der Waals surface area contributed by atoms with Crippen molar-refractivity contribution in [3.63, 3.8) is 0 Å². The number of pyridine rings is 1. The van der Waals surface area contributed by atoms with Gasteiger partial charge in [-0.3, -0.25) is 9.78 Å². The van der Waals surface area contributed by atoms with Crippen molar-refractivity contribution in [1.82, 2.24) is 15.2 Å². The molecule has 0 saturated carbocycles. The standard InChI is InChI=1S/C18H21N3O2S/c1-12-2-3-14(10-19-12)23-17-5-4-16(24-17)18(22)20-15-11-21-8-6-13(15)7-9-21/h2-5,10,13,15H,6-9,11H2,1H3,(H,20,22). The minimum Gasteiger partial charge on any atom is -0.445 e. The molecule has 3 aliphatic heterocycles. The first-order valence-electron chi connectivity index (χ1n) is 8.41. The van der Waals surface area contributed by atoms with Crippen molar-refractivity contribution in [2.75, 3.05) is 19.6 Å². The van der Waals surface area contributed by atoms with Crippen LogP contribution in [0.3, 0.4) is 0 Å². The zero-order valence-electron chi connectivity index (χ0n) is 13.7. The molecule has 2 aromatic rings. The van der Waals surface area contributed by atoms with E-state index in [0.717, 1.165) is 12.2 Å². The number of carbonyl (C=O) groups excluding carboxylic acids is 1. The Morgan fingerprint density at radius 3 is 2.79 bits per heavy atom. The molecule has 0 aliphatic carbocycles. The maximum Gasteiger partial charge on any atom is 0.261 e. The molecule has 5 heterocycles. The van der Waals surface area contributed by atoms with Crippen LogP contribution in [-0.4, -0.2) is 41.5 Å². The number of carbonyl (C=O) groups is 1. The molecule has 0 radical (unpaired) electrons. The Morgan fingerprint density at radius 2 is 2.12 bits per heavy atom. The van der Waals surface area contributed by atoms with E-state index >= 15 is 0 Å². The van der Waals surface area contributed by atoms with Crippen LogP contribution >= 0.6 is 11.3 Å². The molecule has 5 rings (SSSR count). The largest absolute Gasteiger partial charge is 0.445 e. The number of ether oxygens (including phenoxy) is 1. The molecule has 5 nitrogen and oxygen atoms in total. The summed E-state index contributed by atoms with van der Waals surface area (Å²) in [6.45, 7) is 5.28. The van der Waals surface area contributed by atoms with Gasteiger partial charge in [0, 0.05) is 18.3 Å². The molecule has 1 N–H and O–H groups in total. The molecular weight excluding hydrogens is 322 g/mol. The molecule has 3 aliphatic rings. The highest BCUT2D eigenvalue weighted by Crippen LogP contribution is 2.31. The molecule has 3 saturated heterocycles. The molecule has 6 heteroatoms. The lowest BCUT2D eigenvalue weighted by Crippen LogP contribution is -2.57. The third kappa shape index (κ3) is 3.30. The lowest BCUT2D eigenvalue weighted by atomic mass is 9.84. The Kier molecular flexibility index (Phi) is 4.24. The van der Waals surface area contributed by atoms with E-state index in [4.69, 9.17) is 4.74 Å². The summed E-state index contributed by atoms with van der Waals surface area (Å²) in [5, 5.41) is 3.92. The number of hydrogen-bond donors (Lipinski definition) is 1. The lowest BCUT2D eigenvalue weighted by molar-refractivity contribution is 0.0622. The van der Waals surface area contributed by atoms with Crippen molar-refractivity contribution in [2.45, 2.75) is 25.8 Å². The Balaban J connectivity index is 1.39. The maximum atomic E-state index is 12.5. The highest BCUT2D eigenvalue weighted by Gasteiger charge is 2.35. The van der Waals surface area contributed by atoms with Crippen LogP contribution in [0.5, 0.6) is 10.8 Å². The van der Waals surface area contributed by atoms with E-state index in [1.54, 1.807) is 6.20 Å². The third-order valence-corrected chi connectivity index (χ3v) is 5.84. The van der Waals surface area contributed by atoms with E-state index in [2.05, 4.69) is 15.2 Å². The van der Waals surface area contributed by atoms with Crippen molar-refractivity contribution >= 4 is 17.2 Å². The number of fused-ring (bicyclic) bond motifs is 3. The Bertz CT molecular complexity index is 720. The Morgan fingerprint density at radius 1 is 1.29 bits per heavy atom. The third-order valence-electron chi connectivity index (χ3n) is 4.88. The zero-order valence-corrected chi connectivity index (χ0v) is 14.5. The first kappa shape index (κ1) is 15.6. The van der Waals surface area contributed by atoms with Crippen molar-refractivity contribution in [3.05, 3.63) is 41.0 Å². The normalized spacial score (nSPS) is 25.5. The van der Waals surface area contributed by atoms with Gasteiger partial charge in [-0.05, 0) is 63.0 Å². The van der Waals surface area contributed by atoms with Crippen LogP contribution in [0.1, 0.15) is 28.2 Å². The highest BCUT2D eigenvalue weighted by molar-refractivity contribution is 7.15. The van der Waals surface area contributed by atoms with Gasteiger partial charge in [0.1, 0.15) is 5.75 Å². The molecule has 1 atom stereocenters. The van der Waals surface area contributed by atoms with Crippen LogP contribution in [0.2, 0.25) is 0 Å². The van der Waals surface area contributed by atoms with Crippen molar-refractivity contribution in [3.8, 4) is 10.8 Å². The van der Waals surface area contributed by atoms with Crippen LogP contribution in [0.15, 0.2) is 30.5 Å². The molecule has 2 bridgehead atoms. The predicted octanol–water partition coefficient (Wildman–Crippen LogP) is 3.07. The summed E-state index contributed by atoms with van der Waals surface area (Å²) < 4.78 is 5.77. The van der Waals surface area contributed by atoms with Gasteiger partial charge in [-0.1, -0.05) is 11.3 Å². The summed E-state index contributed by atoms with van der Waals surface area (Å²) >= 11 is 1.37. The second-order valence-corrected chi connectivity index (χ2v) is 7.62. The van der Waals surface area contributed by atoms with Crippen LogP contribution in [0.25, 0.3) is 0 Å². The quantitative estimate of drug-likeness (QED) is 0.927. The van der Waals surface area contributed by atoms with Crippen LogP contribution in [0, 0.1) is 12.8 Å². The summed E-state index contributed by atoms with van der Waals surface area (Å²) in [6.07, 6.45) is 4.09. The second kappa shape index (κ2) is 6.53. The fourth-order valence-electron chi connectivity index (χ4n) is 3.50. The Hall–Kier alpha value is -1.92. The van der Waals surface area contributed by atoms with Gasteiger partial charge in [-0.25, -0.2) is 0 Å². The number of amides is 1. The van der Waals surface area contributed by atoms with Crippen LogP contribution < -0.4 is 10.1 Å². The fourth-order valence-corrected chi connectivity index (χ4v) is 4.27. The zero-order chi connectivity index (χ0) is 16.5. The first-order chi connectivity index (χ1) is 11.7. The number of aryl methyl sites for hydroxylation is 1. The van der Waals surface area contributed by atoms with E-state index in [-0.39, 0.29) is 11.9 Å². The molecule has 0 spiro atoms. The number of aromatic nitrogens is 1. The fraction of sp³-hybridized carbons (Fsp3) is 0.444. The number of nitrogens with zero attached hydrogens (tertiary/aromatic N) is 2. The molecule has 0 aromatic carbocycles. The van der Waals surface area contributed by atoms with Gasteiger partial charge in [0.15, 0.2) is 5.06 Å². The second-order valence-electron chi connectivity index (χ2n) is 6.57. The van der Waals surface area contributed by atoms with Gasteiger partial charge in [0.25, 0.3) is 5.91 Å². The van der Waals surface area contributed by atoms with Crippen LogP contribution in [0.4, 0.5) is 0 Å². The summed E-state index contributed by atoms with van der Waals surface area (Å²) in [4.78, 5) is 19.9. The van der Waals surface area contributed by atoms with E-state index in [1.165, 1.54) is 37.3 Å². The van der Waals surface area contributed by atoms with E-state index in [9.17, 15) is 4.79 Å². The van der Waals surface area contributed by atoms with Gasteiger partial charge < -0.3 is 15.0 Å². The number of piperidine rings is 3. The summed E-state index contributed by atoms with van der Waals surface area (Å²) in [6, 6.07) is 7.75. The highest BCUT2D eigenvalue weighted by atomic mass is 32.1. The summed E-state index contributed by atoms with van der Waals surface area (Å²) in [7, 11) is 0. The number of hydrogen-bond acceptors (Lipinski definition) is 5. The minimum absolute atomic E-state index is 0.00984. The maximum absolute atomic E-state index is 12.5. The molecule has 24 heavy (non-hydrogen) atoms. The van der Waals surface area contributed by atoms with E-state index in [1.807, 2.05) is 31.2 Å². The number of thiophene rings is 1. The topological polar surface area (TPSA) is 54.5 Å². The predicted molar refractivity (Wildman–Crippen MR) is 93.8 cm³/mol. The van der Waals surface area contributed by atoms with Gasteiger partial charge in [-0.15, -0.1) is 0 Å². The van der Waals surface area contributed by atoms with Crippen molar-refractivity contribution in [2.24, 2.45) is 5.92 Å². The molecular formula is C18H21N3O2S. The van der Waals surface area contributed by atoms with Gasteiger partial charge >= 0.3 is 0 Å². The lowest BCUT2D eigenvalue weighted by Gasteiger charge is -2.44. The van der Waals surface area contributed by atoms with Gasteiger partial charge in [0.05, 0.1) is 11.1 Å². The molecule has 3 fully saturated rings. The van der Waals surface area contributed by atoms with Crippen LogP contribution in [-0.2, 0) is 0 Å². The molecule has 1 amide bonds. The SMILES string of the molecule is Cc1ccc(Oc2ccc(C(=O)NC3CN4CCC3CC4)s2)cn1. The average Bonchev–Trinajstić information content (AvgIpc) is 3.07. The summed E-state index contributed by atoms with van der Waals surface area (Å²) in [5.74, 6) is 1.33. The van der Waals surface area contributed by atoms with E-state index in [0.29, 0.717) is 21.6 Å². The molecule has 2 aromatic heterocycles. The van der Waals surface area contributed by atoms with E-state index < -0.39 is 0 Å². The summed E-state index contributed by atoms with van der Waals surface area (Å²) in [5.41, 5.74) is 0.950. The monoisotopic (exact) mass is 343 g/mol. The average molecular weight is 343 g/mol. The van der Waals surface area contributed by atoms with Gasteiger partial charge in [-0.2, -0.15) is 0 Å². The van der Waals surface area contributed by atoms with Crippen molar-refractivity contribution in [1.29, 1.82) is 0 Å². The Labute approximate surface area is 145 Å². The van der Waals surface area contributed by atoms with Crippen molar-refractivity contribution < 1.29 is 9.53 Å². The smallest absolute Gasteiger partial charge is 0.261 e. The first-order valence-corrected chi connectivity index (χ1v) is 9.22.